The average molecular weight is 344 g/mol. The van der Waals surface area contributed by atoms with Gasteiger partial charge in [-0.1, -0.05) is 12.1 Å². The second kappa shape index (κ2) is 7.69. The number of rotatable bonds is 7. The van der Waals surface area contributed by atoms with E-state index in [1.54, 1.807) is 18.0 Å². The first kappa shape index (κ1) is 16.8. The zero-order valence-electron chi connectivity index (χ0n) is 13.9. The summed E-state index contributed by atoms with van der Waals surface area (Å²) in [7, 11) is 1.59. The minimum absolute atomic E-state index is 0.0581. The summed E-state index contributed by atoms with van der Waals surface area (Å²) in [6.45, 7) is 1.36. The van der Waals surface area contributed by atoms with Crippen molar-refractivity contribution < 1.29 is 19.1 Å². The number of amides is 2. The predicted molar refractivity (Wildman–Crippen MR) is 88.9 cm³/mol. The Morgan fingerprint density at radius 1 is 1.40 bits per heavy atom. The highest BCUT2D eigenvalue weighted by Crippen LogP contribution is 2.19. The first-order chi connectivity index (χ1) is 12.2. The number of carbonyl (C=O) groups excluding carboxylic acids is 2. The molecule has 3 rings (SSSR count). The van der Waals surface area contributed by atoms with Gasteiger partial charge in [0.1, 0.15) is 18.4 Å². The van der Waals surface area contributed by atoms with E-state index in [1.807, 2.05) is 36.5 Å². The zero-order valence-corrected chi connectivity index (χ0v) is 13.9. The number of methoxy groups -OCH3 is 1. The normalized spacial score (nSPS) is 16.6. The van der Waals surface area contributed by atoms with E-state index in [0.29, 0.717) is 19.6 Å². The lowest BCUT2D eigenvalue weighted by Gasteiger charge is -2.21. The van der Waals surface area contributed by atoms with Crippen molar-refractivity contribution in [1.82, 2.24) is 20.0 Å². The van der Waals surface area contributed by atoms with Gasteiger partial charge in [0.2, 0.25) is 5.91 Å². The molecule has 8 heteroatoms. The molecular formula is C17H20N4O4. The van der Waals surface area contributed by atoms with Crippen molar-refractivity contribution in [1.29, 1.82) is 0 Å². The molecular weight excluding hydrogens is 324 g/mol. The molecule has 0 unspecified atom stereocenters. The minimum atomic E-state index is -0.632. The summed E-state index contributed by atoms with van der Waals surface area (Å²) in [5.74, 6) is 0.507. The van der Waals surface area contributed by atoms with Gasteiger partial charge in [-0.2, -0.15) is 5.10 Å². The number of aromatic nitrogens is 2. The number of carbonyl (C=O) groups is 2. The topological polar surface area (TPSA) is 85.7 Å². The Hall–Kier alpha value is -3.03. The maximum atomic E-state index is 12.4. The van der Waals surface area contributed by atoms with Crippen LogP contribution in [0.25, 0.3) is 0 Å². The van der Waals surface area contributed by atoms with E-state index in [9.17, 15) is 9.59 Å². The Kier molecular flexibility index (Phi) is 5.17. The van der Waals surface area contributed by atoms with Crippen LogP contribution >= 0.6 is 0 Å². The van der Waals surface area contributed by atoms with E-state index < -0.39 is 12.1 Å². The summed E-state index contributed by atoms with van der Waals surface area (Å²) in [5, 5.41) is 6.90. The predicted octanol–water partition coefficient (Wildman–Crippen LogP) is 1.03. The fraction of sp³-hybridized carbons (Fsp3) is 0.353. The van der Waals surface area contributed by atoms with Gasteiger partial charge in [0.25, 0.3) is 0 Å². The highest BCUT2D eigenvalue weighted by molar-refractivity contribution is 5.87. The highest BCUT2D eigenvalue weighted by atomic mass is 16.6. The summed E-state index contributed by atoms with van der Waals surface area (Å²) in [4.78, 5) is 25.8. The van der Waals surface area contributed by atoms with Crippen LogP contribution in [0.15, 0.2) is 42.7 Å². The van der Waals surface area contributed by atoms with Crippen molar-refractivity contribution in [2.24, 2.45) is 0 Å². The molecule has 2 amide bonds. The van der Waals surface area contributed by atoms with Crippen LogP contribution in [-0.4, -0.2) is 53.0 Å². The molecule has 1 saturated heterocycles. The molecule has 0 spiro atoms. The molecule has 25 heavy (non-hydrogen) atoms. The van der Waals surface area contributed by atoms with Crippen LogP contribution < -0.4 is 10.1 Å². The molecule has 132 valence electrons. The fourth-order valence-electron chi connectivity index (χ4n) is 2.61. The number of ether oxygens (including phenoxy) is 2. The fourth-order valence-corrected chi connectivity index (χ4v) is 2.61. The minimum Gasteiger partial charge on any atom is -0.497 e. The number of hydrogen-bond donors (Lipinski definition) is 1. The van der Waals surface area contributed by atoms with Gasteiger partial charge in [0.15, 0.2) is 0 Å². The standard InChI is InChI=1S/C17H20N4O4/c1-24-14-5-3-13(4-6-14)11-21-15(12-25-17(21)23)16(22)18-8-10-20-9-2-7-19-20/h2-7,9,15H,8,10-12H2,1H3,(H,18,22)/t15-/m0/s1. The van der Waals surface area contributed by atoms with Crippen LogP contribution in [-0.2, 0) is 22.6 Å². The SMILES string of the molecule is COc1ccc(CN2C(=O)OC[C@H]2C(=O)NCCn2cccn2)cc1. The van der Waals surface area contributed by atoms with Crippen LogP contribution in [0, 0.1) is 0 Å². The van der Waals surface area contributed by atoms with Crippen LogP contribution in [0.2, 0.25) is 0 Å². The number of nitrogens with zero attached hydrogens (tertiary/aromatic N) is 3. The van der Waals surface area contributed by atoms with Gasteiger partial charge in [-0.15, -0.1) is 0 Å². The monoisotopic (exact) mass is 344 g/mol. The van der Waals surface area contributed by atoms with Gasteiger partial charge < -0.3 is 14.8 Å². The quantitative estimate of drug-likeness (QED) is 0.811. The van der Waals surface area contributed by atoms with Crippen molar-refractivity contribution in [2.45, 2.75) is 19.1 Å². The van der Waals surface area contributed by atoms with Gasteiger partial charge in [0, 0.05) is 18.9 Å². The smallest absolute Gasteiger partial charge is 0.410 e. The van der Waals surface area contributed by atoms with Crippen LogP contribution in [0.4, 0.5) is 4.79 Å². The van der Waals surface area contributed by atoms with Crippen molar-refractivity contribution in [2.75, 3.05) is 20.3 Å². The molecule has 1 aliphatic rings. The Labute approximate surface area is 145 Å². The van der Waals surface area contributed by atoms with E-state index in [1.165, 1.54) is 4.90 Å². The van der Waals surface area contributed by atoms with Crippen molar-refractivity contribution in [3.05, 3.63) is 48.3 Å². The molecule has 0 bridgehead atoms. The third-order valence-corrected chi connectivity index (χ3v) is 3.99. The molecule has 1 aromatic carbocycles. The third-order valence-electron chi connectivity index (χ3n) is 3.99. The largest absolute Gasteiger partial charge is 0.497 e. The highest BCUT2D eigenvalue weighted by Gasteiger charge is 2.37. The Morgan fingerprint density at radius 2 is 2.20 bits per heavy atom. The zero-order chi connectivity index (χ0) is 17.6. The molecule has 1 atom stereocenters. The summed E-state index contributed by atoms with van der Waals surface area (Å²) in [5.41, 5.74) is 0.897. The van der Waals surface area contributed by atoms with Crippen molar-refractivity contribution in [3.8, 4) is 5.75 Å². The van der Waals surface area contributed by atoms with Crippen LogP contribution in [0.1, 0.15) is 5.56 Å². The number of cyclic esters (lactones) is 1. The van der Waals surface area contributed by atoms with Gasteiger partial charge in [-0.25, -0.2) is 4.79 Å². The molecule has 2 heterocycles. The van der Waals surface area contributed by atoms with E-state index in [2.05, 4.69) is 10.4 Å². The second-order valence-corrected chi connectivity index (χ2v) is 5.63. The number of hydrogen-bond acceptors (Lipinski definition) is 5. The number of nitrogens with one attached hydrogen (secondary N) is 1. The molecule has 1 aliphatic heterocycles. The second-order valence-electron chi connectivity index (χ2n) is 5.63. The summed E-state index contributed by atoms with van der Waals surface area (Å²) < 4.78 is 11.9. The van der Waals surface area contributed by atoms with Gasteiger partial charge >= 0.3 is 6.09 Å². The lowest BCUT2D eigenvalue weighted by atomic mass is 10.1. The molecule has 1 aromatic heterocycles. The maximum absolute atomic E-state index is 12.4. The molecule has 1 fully saturated rings. The molecule has 0 radical (unpaired) electrons. The lowest BCUT2D eigenvalue weighted by Crippen LogP contribution is -2.46. The maximum Gasteiger partial charge on any atom is 0.410 e. The van der Waals surface area contributed by atoms with Crippen molar-refractivity contribution in [3.63, 3.8) is 0 Å². The first-order valence-electron chi connectivity index (χ1n) is 7.99. The summed E-state index contributed by atoms with van der Waals surface area (Å²) >= 11 is 0. The molecule has 8 nitrogen and oxygen atoms in total. The number of benzene rings is 1. The van der Waals surface area contributed by atoms with E-state index >= 15 is 0 Å². The lowest BCUT2D eigenvalue weighted by molar-refractivity contribution is -0.125. The Morgan fingerprint density at radius 3 is 2.88 bits per heavy atom. The van der Waals surface area contributed by atoms with Gasteiger partial charge in [-0.3, -0.25) is 14.4 Å². The van der Waals surface area contributed by atoms with Gasteiger partial charge in [0.05, 0.1) is 20.2 Å². The Bertz CT molecular complexity index is 715. The van der Waals surface area contributed by atoms with E-state index in [4.69, 9.17) is 9.47 Å². The molecule has 0 saturated carbocycles. The summed E-state index contributed by atoms with van der Waals surface area (Å²) in [6, 6.07) is 8.54. The summed E-state index contributed by atoms with van der Waals surface area (Å²) in [6.07, 6.45) is 3.02. The average Bonchev–Trinajstić information content (AvgIpc) is 3.26. The molecule has 2 aromatic rings. The van der Waals surface area contributed by atoms with Gasteiger partial charge in [-0.05, 0) is 23.8 Å². The Balaban J connectivity index is 1.57. The van der Waals surface area contributed by atoms with E-state index in [0.717, 1.165) is 11.3 Å². The van der Waals surface area contributed by atoms with Crippen LogP contribution in [0.5, 0.6) is 5.75 Å². The molecule has 1 N–H and O–H groups in total. The first-order valence-corrected chi connectivity index (χ1v) is 7.99. The molecule has 0 aliphatic carbocycles. The van der Waals surface area contributed by atoms with Crippen molar-refractivity contribution >= 4 is 12.0 Å². The van der Waals surface area contributed by atoms with E-state index in [-0.39, 0.29) is 12.5 Å². The van der Waals surface area contributed by atoms with Crippen LogP contribution in [0.3, 0.4) is 0 Å². The third kappa shape index (κ3) is 4.09.